The molecular formula is C13H24BLiO3. The van der Waals surface area contributed by atoms with E-state index in [1.54, 1.807) is 0 Å². The number of ether oxygens (including phenoxy) is 1. The fraction of sp³-hybridized carbons (Fsp3) is 0.846. The van der Waals surface area contributed by atoms with E-state index in [9.17, 15) is 0 Å². The first kappa shape index (κ1) is 18.1. The van der Waals surface area contributed by atoms with Gasteiger partial charge in [-0.15, -0.1) is 5.92 Å². The molecule has 0 saturated carbocycles. The first-order valence-electron chi connectivity index (χ1n) is 6.79. The van der Waals surface area contributed by atoms with Gasteiger partial charge < -0.3 is 14.0 Å². The molecule has 0 spiro atoms. The van der Waals surface area contributed by atoms with Crippen molar-refractivity contribution < 1.29 is 32.9 Å². The monoisotopic (exact) mass is 246 g/mol. The van der Waals surface area contributed by atoms with Gasteiger partial charge in [0.2, 0.25) is 0 Å². The predicted octanol–water partition coefficient (Wildman–Crippen LogP) is -0.361. The van der Waals surface area contributed by atoms with Crippen LogP contribution < -0.4 is 18.9 Å². The summed E-state index contributed by atoms with van der Waals surface area (Å²) in [5.74, 6) is 6.75. The van der Waals surface area contributed by atoms with E-state index in [-0.39, 0.29) is 18.9 Å². The average molecular weight is 246 g/mol. The Bertz CT molecular complexity index is 263. The summed E-state index contributed by atoms with van der Waals surface area (Å²) >= 11 is 0. The molecule has 98 valence electrons. The summed E-state index contributed by atoms with van der Waals surface area (Å²) in [6.07, 6.45) is 2.95. The van der Waals surface area contributed by atoms with Crippen LogP contribution in [0.25, 0.3) is 0 Å². The van der Waals surface area contributed by atoms with Gasteiger partial charge in [-0.3, -0.25) is 0 Å². The molecule has 5 heteroatoms. The maximum Gasteiger partial charge on any atom is 1.00 e. The molecule has 0 aromatic rings. The van der Waals surface area contributed by atoms with Crippen LogP contribution in [-0.4, -0.2) is 33.0 Å². The second-order valence-corrected chi connectivity index (χ2v) is 4.38. The molecule has 1 aliphatic rings. The van der Waals surface area contributed by atoms with E-state index in [0.29, 0.717) is 25.6 Å². The van der Waals surface area contributed by atoms with Crippen LogP contribution in [0, 0.1) is 11.7 Å². The van der Waals surface area contributed by atoms with Crippen molar-refractivity contribution in [3.63, 3.8) is 0 Å². The zero-order chi connectivity index (χ0) is 12.6. The van der Waals surface area contributed by atoms with Crippen LogP contribution in [-0.2, 0) is 14.0 Å². The van der Waals surface area contributed by atoms with Gasteiger partial charge in [-0.1, -0.05) is 19.2 Å². The average Bonchev–Trinajstić information content (AvgIpc) is 2.83. The molecule has 1 heterocycles. The third kappa shape index (κ3) is 5.00. The Labute approximate surface area is 123 Å². The van der Waals surface area contributed by atoms with Crippen molar-refractivity contribution in [3.05, 3.63) is 0 Å². The van der Waals surface area contributed by atoms with Crippen molar-refractivity contribution in [2.45, 2.75) is 45.9 Å². The Morgan fingerprint density at radius 1 is 1.22 bits per heavy atom. The van der Waals surface area contributed by atoms with Gasteiger partial charge >= 0.3 is 25.4 Å². The van der Waals surface area contributed by atoms with E-state index >= 15 is 0 Å². The molecule has 0 N–H and O–H groups in total. The molecule has 0 aromatic heterocycles. The fourth-order valence-corrected chi connectivity index (χ4v) is 2.25. The minimum Gasteiger partial charge on any atom is -0.558 e. The first-order valence-corrected chi connectivity index (χ1v) is 6.79. The summed E-state index contributed by atoms with van der Waals surface area (Å²) in [6.45, 7) is 7.40. The van der Waals surface area contributed by atoms with Gasteiger partial charge in [0.05, 0.1) is 0 Å². The van der Waals surface area contributed by atoms with Crippen molar-refractivity contribution in [1.29, 1.82) is 0 Å². The standard InChI is InChI=1S/C13H24BO3.Li/c1-4-7-8-10-14(16-5-2,17-6-3)13-9-11-15-12-13;/h13H,4-7,9,11-12H2,1-3H3;/q-1;+1. The van der Waals surface area contributed by atoms with Crippen molar-refractivity contribution in [2.75, 3.05) is 26.4 Å². The Balaban J connectivity index is 0.00000289. The molecule has 1 saturated heterocycles. The van der Waals surface area contributed by atoms with Gasteiger partial charge in [0.1, 0.15) is 0 Å². The van der Waals surface area contributed by atoms with E-state index in [0.717, 1.165) is 25.9 Å². The van der Waals surface area contributed by atoms with Crippen LogP contribution in [0.5, 0.6) is 0 Å². The molecule has 1 fully saturated rings. The first-order chi connectivity index (χ1) is 8.29. The Morgan fingerprint density at radius 2 is 1.89 bits per heavy atom. The molecule has 0 bridgehead atoms. The van der Waals surface area contributed by atoms with E-state index in [1.165, 1.54) is 0 Å². The predicted molar refractivity (Wildman–Crippen MR) is 70.9 cm³/mol. The van der Waals surface area contributed by atoms with Crippen molar-refractivity contribution in [1.82, 2.24) is 0 Å². The molecule has 1 atom stereocenters. The molecule has 0 amide bonds. The third-order valence-corrected chi connectivity index (χ3v) is 3.09. The maximum absolute atomic E-state index is 5.89. The summed E-state index contributed by atoms with van der Waals surface area (Å²) in [6, 6.07) is 0. The molecule has 1 rings (SSSR count). The third-order valence-electron chi connectivity index (χ3n) is 3.09. The zero-order valence-electron chi connectivity index (χ0n) is 12.3. The fourth-order valence-electron chi connectivity index (χ4n) is 2.25. The van der Waals surface area contributed by atoms with Gasteiger partial charge in [-0.2, -0.15) is 0 Å². The normalized spacial score (nSPS) is 18.9. The van der Waals surface area contributed by atoms with Crippen molar-refractivity contribution >= 4 is 6.55 Å². The topological polar surface area (TPSA) is 27.7 Å². The Kier molecular flexibility index (Phi) is 10.0. The molecule has 3 nitrogen and oxygen atoms in total. The number of rotatable bonds is 6. The zero-order valence-corrected chi connectivity index (χ0v) is 12.3. The summed E-state index contributed by atoms with van der Waals surface area (Å²) in [5.41, 5.74) is 0. The molecule has 1 unspecified atom stereocenters. The van der Waals surface area contributed by atoms with E-state index in [1.807, 2.05) is 13.8 Å². The van der Waals surface area contributed by atoms with E-state index in [4.69, 9.17) is 14.0 Å². The summed E-state index contributed by atoms with van der Waals surface area (Å²) in [5, 5.41) is 0. The molecule has 0 aliphatic carbocycles. The Morgan fingerprint density at radius 3 is 2.33 bits per heavy atom. The van der Waals surface area contributed by atoms with E-state index in [2.05, 4.69) is 18.7 Å². The summed E-state index contributed by atoms with van der Waals surface area (Å²) < 4.78 is 17.2. The van der Waals surface area contributed by atoms with Crippen LogP contribution in [0.1, 0.15) is 40.0 Å². The van der Waals surface area contributed by atoms with Gasteiger partial charge in [-0.25, -0.2) is 5.82 Å². The van der Waals surface area contributed by atoms with Gasteiger partial charge in [0, 0.05) is 19.6 Å². The second kappa shape index (κ2) is 9.96. The van der Waals surface area contributed by atoms with Crippen LogP contribution in [0.4, 0.5) is 0 Å². The van der Waals surface area contributed by atoms with Crippen molar-refractivity contribution in [3.8, 4) is 11.7 Å². The van der Waals surface area contributed by atoms with Crippen molar-refractivity contribution in [2.24, 2.45) is 0 Å². The molecule has 0 radical (unpaired) electrons. The summed E-state index contributed by atoms with van der Waals surface area (Å²) in [4.78, 5) is 0. The van der Waals surface area contributed by atoms with Crippen LogP contribution >= 0.6 is 0 Å². The maximum atomic E-state index is 5.89. The SMILES string of the molecule is CCCC#C[B-](OCC)(OCC)C1CCOC1.[Li+]. The minimum absolute atomic E-state index is 0. The van der Waals surface area contributed by atoms with Crippen LogP contribution in [0.3, 0.4) is 0 Å². The minimum atomic E-state index is -1.49. The summed E-state index contributed by atoms with van der Waals surface area (Å²) in [7, 11) is 0. The molecular weight excluding hydrogens is 222 g/mol. The molecule has 1 aliphatic heterocycles. The molecule has 18 heavy (non-hydrogen) atoms. The van der Waals surface area contributed by atoms with Gasteiger partial charge in [0.25, 0.3) is 0 Å². The second-order valence-electron chi connectivity index (χ2n) is 4.38. The number of unbranched alkanes of at least 4 members (excludes halogenated alkanes) is 1. The largest absolute Gasteiger partial charge is 1.00 e. The van der Waals surface area contributed by atoms with Gasteiger partial charge in [0.15, 0.2) is 0 Å². The molecule has 0 aromatic carbocycles. The smallest absolute Gasteiger partial charge is 0.558 e. The number of hydrogen-bond donors (Lipinski definition) is 0. The number of hydrogen-bond acceptors (Lipinski definition) is 3. The Hall–Kier alpha value is 0.102. The van der Waals surface area contributed by atoms with Crippen LogP contribution in [0.2, 0.25) is 5.82 Å². The van der Waals surface area contributed by atoms with Crippen LogP contribution in [0.15, 0.2) is 0 Å². The van der Waals surface area contributed by atoms with Gasteiger partial charge in [-0.05, 0) is 33.5 Å². The van der Waals surface area contributed by atoms with E-state index < -0.39 is 6.55 Å². The quantitative estimate of drug-likeness (QED) is 0.473.